The monoisotopic (exact) mass is 401 g/mol. The van der Waals surface area contributed by atoms with Crippen LogP contribution in [0.2, 0.25) is 0 Å². The molecule has 1 aromatic carbocycles. The van der Waals surface area contributed by atoms with E-state index >= 15 is 0 Å². The van der Waals surface area contributed by atoms with E-state index in [1.165, 1.54) is 0 Å². The summed E-state index contributed by atoms with van der Waals surface area (Å²) in [6.45, 7) is 10.7. The van der Waals surface area contributed by atoms with E-state index in [0.29, 0.717) is 50.7 Å². The van der Waals surface area contributed by atoms with Gasteiger partial charge in [-0.05, 0) is 18.2 Å². The number of nitrogens with zero attached hydrogens (tertiary/aromatic N) is 3. The molecule has 3 aliphatic rings. The molecule has 1 aromatic rings. The second kappa shape index (κ2) is 7.29. The van der Waals surface area contributed by atoms with Crippen LogP contribution in [0.25, 0.3) is 0 Å². The molecule has 1 atom stereocenters. The van der Waals surface area contributed by atoms with Crippen molar-refractivity contribution >= 4 is 11.8 Å². The maximum atomic E-state index is 13.3. The first-order valence-corrected chi connectivity index (χ1v) is 10.3. The van der Waals surface area contributed by atoms with Crippen molar-refractivity contribution in [3.05, 3.63) is 29.8 Å². The van der Waals surface area contributed by atoms with Gasteiger partial charge < -0.3 is 19.3 Å². The first-order chi connectivity index (χ1) is 13.7. The van der Waals surface area contributed by atoms with E-state index in [-0.39, 0.29) is 23.4 Å². The van der Waals surface area contributed by atoms with Crippen molar-refractivity contribution in [3.8, 4) is 5.75 Å². The molecule has 3 fully saturated rings. The number of carbonyl (C=O) groups is 2. The minimum atomic E-state index is -0.392. The minimum Gasteiger partial charge on any atom is -0.497 e. The third kappa shape index (κ3) is 3.62. The molecule has 0 aliphatic carbocycles. The zero-order valence-corrected chi connectivity index (χ0v) is 17.8. The van der Waals surface area contributed by atoms with Crippen LogP contribution in [0.5, 0.6) is 5.75 Å². The van der Waals surface area contributed by atoms with Crippen molar-refractivity contribution in [3.63, 3.8) is 0 Å². The van der Waals surface area contributed by atoms with Gasteiger partial charge in [0.25, 0.3) is 5.91 Å². The molecule has 0 aromatic heterocycles. The third-order valence-electron chi connectivity index (χ3n) is 6.26. The summed E-state index contributed by atoms with van der Waals surface area (Å²) in [6, 6.07) is 7.47. The fourth-order valence-corrected chi connectivity index (χ4v) is 4.85. The quantitative estimate of drug-likeness (QED) is 0.751. The lowest BCUT2D eigenvalue weighted by molar-refractivity contribution is -0.178. The number of hydrogen-bond donors (Lipinski definition) is 0. The number of fused-ring (bicyclic) bond motifs is 2. The van der Waals surface area contributed by atoms with E-state index in [9.17, 15) is 9.59 Å². The maximum absolute atomic E-state index is 13.3. The van der Waals surface area contributed by atoms with Gasteiger partial charge in [-0.3, -0.25) is 14.5 Å². The molecule has 0 radical (unpaired) electrons. The summed E-state index contributed by atoms with van der Waals surface area (Å²) in [5, 5.41) is 0. The van der Waals surface area contributed by atoms with Crippen LogP contribution in [0, 0.1) is 5.41 Å². The number of likely N-dealkylation sites (tertiary alicyclic amines) is 1. The van der Waals surface area contributed by atoms with Gasteiger partial charge in [-0.2, -0.15) is 0 Å². The van der Waals surface area contributed by atoms with Crippen LogP contribution in [0.3, 0.4) is 0 Å². The number of carbonyl (C=O) groups excluding carboxylic acids is 2. The summed E-state index contributed by atoms with van der Waals surface area (Å²) in [4.78, 5) is 32.4. The number of amides is 2. The van der Waals surface area contributed by atoms with E-state index in [1.54, 1.807) is 13.2 Å². The van der Waals surface area contributed by atoms with E-state index in [0.717, 1.165) is 6.54 Å². The zero-order chi connectivity index (χ0) is 20.8. The molecular formula is C22H31N3O4. The molecule has 0 N–H and O–H groups in total. The van der Waals surface area contributed by atoms with Crippen molar-refractivity contribution in [2.75, 3.05) is 53.0 Å². The second-order valence-corrected chi connectivity index (χ2v) is 9.48. The van der Waals surface area contributed by atoms with E-state index < -0.39 is 5.41 Å². The fraction of sp³-hybridized carbons (Fsp3) is 0.636. The molecule has 2 amide bonds. The standard InChI is InChI=1S/C22H31N3O4/c1-21(2,3)20(27)24-14-22(15-24)13-23(11-17-12-29-9-8-25(17)22)19(26)16-6-5-7-18(10-16)28-4/h5-7,10,17H,8-9,11-15H2,1-4H3. The fourth-order valence-electron chi connectivity index (χ4n) is 4.85. The molecule has 7 heteroatoms. The van der Waals surface area contributed by atoms with Crippen LogP contribution in [0.15, 0.2) is 24.3 Å². The summed E-state index contributed by atoms with van der Waals surface area (Å²) in [7, 11) is 1.60. The topological polar surface area (TPSA) is 62.3 Å². The Labute approximate surface area is 172 Å². The van der Waals surface area contributed by atoms with Gasteiger partial charge in [0, 0.05) is 43.7 Å². The predicted molar refractivity (Wildman–Crippen MR) is 109 cm³/mol. The van der Waals surface area contributed by atoms with Crippen molar-refractivity contribution < 1.29 is 19.1 Å². The number of methoxy groups -OCH3 is 1. The summed E-state index contributed by atoms with van der Waals surface area (Å²) in [5.41, 5.74) is 0.0606. The molecule has 158 valence electrons. The van der Waals surface area contributed by atoms with Crippen LogP contribution in [0.1, 0.15) is 31.1 Å². The number of ether oxygens (including phenoxy) is 2. The summed E-state index contributed by atoms with van der Waals surface area (Å²) in [6.07, 6.45) is 0. The number of benzene rings is 1. The Kier molecular flexibility index (Phi) is 5.07. The molecule has 3 heterocycles. The van der Waals surface area contributed by atoms with E-state index in [4.69, 9.17) is 9.47 Å². The first-order valence-electron chi connectivity index (χ1n) is 10.3. The summed E-state index contributed by atoms with van der Waals surface area (Å²) < 4.78 is 11.0. The Balaban J connectivity index is 1.55. The van der Waals surface area contributed by atoms with Crippen LogP contribution in [0.4, 0.5) is 0 Å². The minimum absolute atomic E-state index is 0.00842. The average molecular weight is 402 g/mol. The number of hydrogen-bond acceptors (Lipinski definition) is 5. The highest BCUT2D eigenvalue weighted by Crippen LogP contribution is 2.38. The summed E-state index contributed by atoms with van der Waals surface area (Å²) >= 11 is 0. The first kappa shape index (κ1) is 20.2. The molecular weight excluding hydrogens is 370 g/mol. The molecule has 1 unspecified atom stereocenters. The molecule has 0 saturated carbocycles. The normalized spacial score (nSPS) is 24.1. The van der Waals surface area contributed by atoms with Crippen molar-refractivity contribution in [1.29, 1.82) is 0 Å². The average Bonchev–Trinajstić information content (AvgIpc) is 2.69. The van der Waals surface area contributed by atoms with Crippen molar-refractivity contribution in [2.24, 2.45) is 5.41 Å². The second-order valence-electron chi connectivity index (χ2n) is 9.48. The Hall–Kier alpha value is -2.12. The SMILES string of the molecule is COc1cccc(C(=O)N2CC3COCCN3C3(C2)CN(C(=O)C(C)(C)C)C3)c1. The van der Waals surface area contributed by atoms with Crippen LogP contribution in [-0.2, 0) is 9.53 Å². The predicted octanol–water partition coefficient (Wildman–Crippen LogP) is 1.48. The van der Waals surface area contributed by atoms with Crippen LogP contribution in [-0.4, -0.2) is 91.1 Å². The highest BCUT2D eigenvalue weighted by Gasteiger charge is 2.56. The van der Waals surface area contributed by atoms with Gasteiger partial charge in [0.05, 0.1) is 31.9 Å². The van der Waals surface area contributed by atoms with E-state index in [2.05, 4.69) is 4.90 Å². The van der Waals surface area contributed by atoms with Gasteiger partial charge in [-0.15, -0.1) is 0 Å². The molecule has 29 heavy (non-hydrogen) atoms. The largest absolute Gasteiger partial charge is 0.497 e. The van der Waals surface area contributed by atoms with Crippen molar-refractivity contribution in [2.45, 2.75) is 32.4 Å². The lowest BCUT2D eigenvalue weighted by Crippen LogP contribution is -2.81. The lowest BCUT2D eigenvalue weighted by atomic mass is 9.80. The Morgan fingerprint density at radius 2 is 1.90 bits per heavy atom. The maximum Gasteiger partial charge on any atom is 0.254 e. The lowest BCUT2D eigenvalue weighted by Gasteiger charge is -2.63. The van der Waals surface area contributed by atoms with E-state index in [1.807, 2.05) is 48.8 Å². The molecule has 3 aliphatic heterocycles. The molecule has 7 nitrogen and oxygen atoms in total. The Morgan fingerprint density at radius 3 is 2.59 bits per heavy atom. The van der Waals surface area contributed by atoms with Gasteiger partial charge in [0.1, 0.15) is 5.75 Å². The van der Waals surface area contributed by atoms with Gasteiger partial charge >= 0.3 is 0 Å². The van der Waals surface area contributed by atoms with Crippen molar-refractivity contribution in [1.82, 2.24) is 14.7 Å². The zero-order valence-electron chi connectivity index (χ0n) is 17.8. The highest BCUT2D eigenvalue weighted by atomic mass is 16.5. The summed E-state index contributed by atoms with van der Waals surface area (Å²) in [5.74, 6) is 0.856. The molecule has 4 rings (SSSR count). The van der Waals surface area contributed by atoms with Gasteiger partial charge in [-0.1, -0.05) is 26.8 Å². The number of rotatable bonds is 2. The highest BCUT2D eigenvalue weighted by molar-refractivity contribution is 5.95. The number of piperazine rings is 1. The van der Waals surface area contributed by atoms with Gasteiger partial charge in [0.15, 0.2) is 0 Å². The third-order valence-corrected chi connectivity index (χ3v) is 6.26. The van der Waals surface area contributed by atoms with Crippen LogP contribution >= 0.6 is 0 Å². The Bertz CT molecular complexity index is 797. The molecule has 1 spiro atoms. The Morgan fingerprint density at radius 1 is 1.17 bits per heavy atom. The molecule has 0 bridgehead atoms. The number of morpholine rings is 1. The van der Waals surface area contributed by atoms with Gasteiger partial charge in [0.2, 0.25) is 5.91 Å². The van der Waals surface area contributed by atoms with Gasteiger partial charge in [-0.25, -0.2) is 0 Å². The molecule has 3 saturated heterocycles. The smallest absolute Gasteiger partial charge is 0.254 e. The van der Waals surface area contributed by atoms with Crippen LogP contribution < -0.4 is 4.74 Å².